The Kier molecular flexibility index (Phi) is 6.87. The maximum absolute atomic E-state index is 14.7. The van der Waals surface area contributed by atoms with E-state index in [1.807, 2.05) is 44.2 Å². The van der Waals surface area contributed by atoms with Crippen LogP contribution in [0, 0.1) is 17.5 Å². The van der Waals surface area contributed by atoms with Crippen molar-refractivity contribution in [3.05, 3.63) is 94.9 Å². The van der Waals surface area contributed by atoms with Gasteiger partial charge < -0.3 is 10.1 Å². The molecule has 2 heterocycles. The smallest absolute Gasteiger partial charge is 0.253 e. The zero-order chi connectivity index (χ0) is 26.1. The first-order chi connectivity index (χ1) is 17.9. The molecule has 0 saturated carbocycles. The van der Waals surface area contributed by atoms with Gasteiger partial charge in [0.1, 0.15) is 11.6 Å². The quantitative estimate of drug-likeness (QED) is 0.277. The maximum atomic E-state index is 14.7. The molecule has 1 atom stereocenters. The number of hydrogen-bond acceptors (Lipinski definition) is 3. The Labute approximate surface area is 213 Å². The predicted molar refractivity (Wildman–Crippen MR) is 137 cm³/mol. The van der Waals surface area contributed by atoms with Crippen LogP contribution in [0.1, 0.15) is 66.6 Å². The number of para-hydroxylation sites is 2. The van der Waals surface area contributed by atoms with Crippen molar-refractivity contribution in [1.29, 1.82) is 0 Å². The summed E-state index contributed by atoms with van der Waals surface area (Å²) in [5.74, 6) is -2.76. The molecule has 5 rings (SSSR count). The first-order valence-electron chi connectivity index (χ1n) is 12.5. The van der Waals surface area contributed by atoms with E-state index in [1.54, 1.807) is 12.1 Å². The lowest BCUT2D eigenvalue weighted by atomic mass is 9.86. The highest BCUT2D eigenvalue weighted by molar-refractivity contribution is 6.03. The Balaban J connectivity index is 1.64. The van der Waals surface area contributed by atoms with Gasteiger partial charge in [0.05, 0.1) is 23.7 Å². The SMILES string of the molecule is CCC(CC)c1c(C(=O)NC2CCOc3ccccc32)cnc2c(-c3cc(F)cc(F)c3F)cccc12. The minimum Gasteiger partial charge on any atom is -0.493 e. The Morgan fingerprint density at radius 3 is 2.62 bits per heavy atom. The van der Waals surface area contributed by atoms with E-state index in [1.165, 1.54) is 6.20 Å². The molecule has 0 saturated heterocycles. The van der Waals surface area contributed by atoms with Gasteiger partial charge in [-0.25, -0.2) is 13.2 Å². The fourth-order valence-electron chi connectivity index (χ4n) is 5.26. The molecule has 0 bridgehead atoms. The molecule has 37 heavy (non-hydrogen) atoms. The normalized spacial score (nSPS) is 14.9. The molecule has 4 aromatic rings. The summed E-state index contributed by atoms with van der Waals surface area (Å²) in [5.41, 5.74) is 2.61. The number of rotatable bonds is 6. The molecule has 1 unspecified atom stereocenters. The average Bonchev–Trinajstić information content (AvgIpc) is 2.91. The summed E-state index contributed by atoms with van der Waals surface area (Å²) < 4.78 is 48.5. The van der Waals surface area contributed by atoms with Crippen molar-refractivity contribution < 1.29 is 22.7 Å². The van der Waals surface area contributed by atoms with Crippen LogP contribution in [0.25, 0.3) is 22.0 Å². The molecule has 1 amide bonds. The predicted octanol–water partition coefficient (Wildman–Crippen LogP) is 7.48. The zero-order valence-corrected chi connectivity index (χ0v) is 20.7. The molecule has 190 valence electrons. The third kappa shape index (κ3) is 4.54. The van der Waals surface area contributed by atoms with Crippen LogP contribution in [0.15, 0.2) is 60.8 Å². The minimum atomic E-state index is -1.26. The molecular formula is C30H27F3N2O2. The summed E-state index contributed by atoms with van der Waals surface area (Å²) >= 11 is 0. The van der Waals surface area contributed by atoms with E-state index in [0.717, 1.165) is 35.8 Å². The topological polar surface area (TPSA) is 51.2 Å². The van der Waals surface area contributed by atoms with Gasteiger partial charge in [-0.3, -0.25) is 9.78 Å². The van der Waals surface area contributed by atoms with Crippen molar-refractivity contribution in [2.45, 2.75) is 45.1 Å². The summed E-state index contributed by atoms with van der Waals surface area (Å²) in [6.45, 7) is 4.58. The van der Waals surface area contributed by atoms with E-state index >= 15 is 0 Å². The number of carbonyl (C=O) groups is 1. The van der Waals surface area contributed by atoms with Crippen molar-refractivity contribution in [3.63, 3.8) is 0 Å². The van der Waals surface area contributed by atoms with Gasteiger partial charge in [0, 0.05) is 40.8 Å². The average molecular weight is 505 g/mol. The summed E-state index contributed by atoms with van der Waals surface area (Å²) in [6, 6.07) is 14.0. The van der Waals surface area contributed by atoms with Gasteiger partial charge in [-0.15, -0.1) is 0 Å². The van der Waals surface area contributed by atoms with E-state index in [-0.39, 0.29) is 29.0 Å². The van der Waals surface area contributed by atoms with E-state index < -0.39 is 17.5 Å². The molecule has 0 radical (unpaired) electrons. The molecule has 0 aliphatic carbocycles. The van der Waals surface area contributed by atoms with Gasteiger partial charge in [-0.05, 0) is 36.5 Å². The number of halogens is 3. The third-order valence-electron chi connectivity index (χ3n) is 7.12. The number of pyridine rings is 1. The van der Waals surface area contributed by atoms with Crippen LogP contribution >= 0.6 is 0 Å². The molecule has 1 aromatic heterocycles. The second-order valence-corrected chi connectivity index (χ2v) is 9.25. The Bertz CT molecular complexity index is 1480. The van der Waals surface area contributed by atoms with Crippen molar-refractivity contribution in [2.24, 2.45) is 0 Å². The lowest BCUT2D eigenvalue weighted by Crippen LogP contribution is -2.33. The van der Waals surface area contributed by atoms with E-state index in [9.17, 15) is 18.0 Å². The van der Waals surface area contributed by atoms with Gasteiger partial charge in [0.15, 0.2) is 11.6 Å². The van der Waals surface area contributed by atoms with Crippen LogP contribution < -0.4 is 10.1 Å². The molecule has 1 aliphatic heterocycles. The lowest BCUT2D eigenvalue weighted by molar-refractivity contribution is 0.0923. The Morgan fingerprint density at radius 1 is 1.05 bits per heavy atom. The van der Waals surface area contributed by atoms with E-state index in [4.69, 9.17) is 4.74 Å². The van der Waals surface area contributed by atoms with Gasteiger partial charge in [-0.2, -0.15) is 0 Å². The summed E-state index contributed by atoms with van der Waals surface area (Å²) in [7, 11) is 0. The molecular weight excluding hydrogens is 477 g/mol. The number of carbonyl (C=O) groups excluding carboxylic acids is 1. The third-order valence-corrected chi connectivity index (χ3v) is 7.12. The number of amides is 1. The van der Waals surface area contributed by atoms with E-state index in [2.05, 4.69) is 10.3 Å². The second kappa shape index (κ2) is 10.2. The van der Waals surface area contributed by atoms with Gasteiger partial charge in [0.25, 0.3) is 5.91 Å². The first kappa shape index (κ1) is 24.8. The summed E-state index contributed by atoms with van der Waals surface area (Å²) in [6.07, 6.45) is 3.67. The highest BCUT2D eigenvalue weighted by Gasteiger charge is 2.27. The van der Waals surface area contributed by atoms with Crippen LogP contribution in [0.4, 0.5) is 13.2 Å². The highest BCUT2D eigenvalue weighted by atomic mass is 19.2. The number of aromatic nitrogens is 1. The van der Waals surface area contributed by atoms with Crippen LogP contribution in [0.3, 0.4) is 0 Å². The van der Waals surface area contributed by atoms with Gasteiger partial charge in [-0.1, -0.05) is 50.2 Å². The molecule has 7 heteroatoms. The highest BCUT2D eigenvalue weighted by Crippen LogP contribution is 2.38. The van der Waals surface area contributed by atoms with Gasteiger partial charge >= 0.3 is 0 Å². The van der Waals surface area contributed by atoms with Crippen LogP contribution in [0.5, 0.6) is 5.75 Å². The zero-order valence-electron chi connectivity index (χ0n) is 20.7. The monoisotopic (exact) mass is 504 g/mol. The van der Waals surface area contributed by atoms with Crippen molar-refractivity contribution >= 4 is 16.8 Å². The minimum absolute atomic E-state index is 0.0255. The number of fused-ring (bicyclic) bond motifs is 2. The van der Waals surface area contributed by atoms with Crippen molar-refractivity contribution in [3.8, 4) is 16.9 Å². The molecule has 4 nitrogen and oxygen atoms in total. The summed E-state index contributed by atoms with van der Waals surface area (Å²) in [5, 5.41) is 3.81. The second-order valence-electron chi connectivity index (χ2n) is 9.25. The Hall–Kier alpha value is -3.87. The molecule has 0 spiro atoms. The first-order valence-corrected chi connectivity index (χ1v) is 12.5. The fourth-order valence-corrected chi connectivity index (χ4v) is 5.26. The van der Waals surface area contributed by atoms with Crippen LogP contribution in [0.2, 0.25) is 0 Å². The van der Waals surface area contributed by atoms with Crippen molar-refractivity contribution in [1.82, 2.24) is 10.3 Å². The van der Waals surface area contributed by atoms with Crippen molar-refractivity contribution in [2.75, 3.05) is 6.61 Å². The molecule has 1 aliphatic rings. The standard InChI is InChI=1S/C30H27F3N2O2/c1-3-17(4-2)27-21-10-7-9-19(22-14-18(31)15-24(32)28(22)33)29(21)34-16-23(27)30(36)35-25-12-13-37-26-11-6-5-8-20(25)26/h5-11,14-17,25H,3-4,12-13H2,1-2H3,(H,35,36). The number of ether oxygens (including phenoxy) is 1. The number of benzene rings is 3. The number of hydrogen-bond donors (Lipinski definition) is 1. The maximum Gasteiger partial charge on any atom is 0.253 e. The fraction of sp³-hybridized carbons (Fsp3) is 0.267. The van der Waals surface area contributed by atoms with E-state index in [0.29, 0.717) is 35.6 Å². The Morgan fingerprint density at radius 2 is 1.84 bits per heavy atom. The van der Waals surface area contributed by atoms with Crippen LogP contribution in [-0.4, -0.2) is 17.5 Å². The van der Waals surface area contributed by atoms with Crippen LogP contribution in [-0.2, 0) is 0 Å². The summed E-state index contributed by atoms with van der Waals surface area (Å²) in [4.78, 5) is 18.2. The lowest BCUT2D eigenvalue weighted by Gasteiger charge is -2.27. The molecule has 1 N–H and O–H groups in total. The number of nitrogens with zero attached hydrogens (tertiary/aromatic N) is 1. The largest absolute Gasteiger partial charge is 0.493 e. The van der Waals surface area contributed by atoms with Gasteiger partial charge in [0.2, 0.25) is 0 Å². The molecule has 3 aromatic carbocycles. The number of nitrogens with one attached hydrogen (secondary N) is 1. The molecule has 0 fully saturated rings.